The monoisotopic (exact) mass is 486 g/mol. The zero-order valence-electron chi connectivity index (χ0n) is 19.5. The van der Waals surface area contributed by atoms with Crippen molar-refractivity contribution in [3.8, 4) is 11.4 Å². The average Bonchev–Trinajstić information content (AvgIpc) is 3.25. The lowest BCUT2D eigenvalue weighted by Crippen LogP contribution is -2.60. The lowest BCUT2D eigenvalue weighted by atomic mass is 9.72. The van der Waals surface area contributed by atoms with Gasteiger partial charge >= 0.3 is 0 Å². The summed E-state index contributed by atoms with van der Waals surface area (Å²) in [7, 11) is 0. The van der Waals surface area contributed by atoms with E-state index in [1.807, 2.05) is 39.9 Å². The minimum absolute atomic E-state index is 0.160. The van der Waals surface area contributed by atoms with Crippen molar-refractivity contribution in [3.63, 3.8) is 0 Å². The molecule has 0 bridgehead atoms. The molecule has 2 aliphatic heterocycles. The minimum Gasteiger partial charge on any atom is -0.342 e. The van der Waals surface area contributed by atoms with Gasteiger partial charge in [-0.25, -0.2) is 15.0 Å². The number of aromatic nitrogens is 4. The van der Waals surface area contributed by atoms with Gasteiger partial charge in [0.1, 0.15) is 5.65 Å². The topological polar surface area (TPSA) is 66.6 Å². The summed E-state index contributed by atoms with van der Waals surface area (Å²) in [5.41, 5.74) is 4.30. The van der Waals surface area contributed by atoms with Gasteiger partial charge in [-0.1, -0.05) is 35.9 Å². The molecule has 0 N–H and O–H groups in total. The number of pyridine rings is 1. The largest absolute Gasteiger partial charge is 0.342 e. The third-order valence-electron chi connectivity index (χ3n) is 7.28. The number of likely N-dealkylation sites (tertiary alicyclic amines) is 2. The van der Waals surface area contributed by atoms with Crippen LogP contribution in [0.1, 0.15) is 24.1 Å². The number of carbonyl (C=O) groups is 1. The van der Waals surface area contributed by atoms with Crippen molar-refractivity contribution in [1.82, 2.24) is 29.2 Å². The van der Waals surface area contributed by atoms with Crippen LogP contribution in [0.5, 0.6) is 0 Å². The fraction of sp³-hybridized carbons (Fsp3) is 0.333. The molecule has 0 unspecified atom stereocenters. The molecular weight excluding hydrogens is 460 g/mol. The molecule has 3 aromatic heterocycles. The first kappa shape index (κ1) is 22.2. The number of amides is 1. The molecule has 5 heterocycles. The fourth-order valence-electron chi connectivity index (χ4n) is 5.40. The third-order valence-corrected chi connectivity index (χ3v) is 7.50. The molecule has 1 amide bonds. The predicted molar refractivity (Wildman–Crippen MR) is 135 cm³/mol. The van der Waals surface area contributed by atoms with Gasteiger partial charge in [-0.2, -0.15) is 0 Å². The molecule has 2 fully saturated rings. The zero-order valence-corrected chi connectivity index (χ0v) is 20.2. The van der Waals surface area contributed by atoms with Crippen molar-refractivity contribution in [1.29, 1.82) is 0 Å². The summed E-state index contributed by atoms with van der Waals surface area (Å²) in [5, 5.41) is 0.655. The maximum Gasteiger partial charge on any atom is 0.228 e. The Labute approximate surface area is 209 Å². The Morgan fingerprint density at radius 2 is 1.71 bits per heavy atom. The van der Waals surface area contributed by atoms with Crippen LogP contribution in [0.2, 0.25) is 5.02 Å². The van der Waals surface area contributed by atoms with Crippen LogP contribution >= 0.6 is 11.6 Å². The first-order valence-electron chi connectivity index (χ1n) is 12.0. The second-order valence-electron chi connectivity index (χ2n) is 9.82. The highest BCUT2D eigenvalue weighted by Crippen LogP contribution is 2.41. The predicted octanol–water partition coefficient (Wildman–Crippen LogP) is 4.11. The standard InChI is InChI=1S/C27H27ClN6O/c28-22-6-7-24-31-23(17-34(24)16-22)14-25(35)33-12-8-27(9-13-33)18-32(19-27)15-20-2-4-21(5-3-20)26-29-10-1-11-30-26/h1-7,10-11,16-17H,8-9,12-15,18-19H2. The van der Waals surface area contributed by atoms with Crippen LogP contribution in [0.3, 0.4) is 0 Å². The van der Waals surface area contributed by atoms with Crippen molar-refractivity contribution in [2.24, 2.45) is 5.41 Å². The summed E-state index contributed by atoms with van der Waals surface area (Å²) in [4.78, 5) is 30.6. The minimum atomic E-state index is 0.160. The van der Waals surface area contributed by atoms with E-state index < -0.39 is 0 Å². The molecule has 6 rings (SSSR count). The highest BCUT2D eigenvalue weighted by Gasteiger charge is 2.45. The Hall–Kier alpha value is -3.29. The van der Waals surface area contributed by atoms with Gasteiger partial charge < -0.3 is 9.30 Å². The fourth-order valence-corrected chi connectivity index (χ4v) is 5.56. The Morgan fingerprint density at radius 1 is 0.971 bits per heavy atom. The molecule has 35 heavy (non-hydrogen) atoms. The molecule has 1 spiro atoms. The number of piperidine rings is 1. The molecule has 7 nitrogen and oxygen atoms in total. The number of imidazole rings is 1. The van der Waals surface area contributed by atoms with Crippen LogP contribution in [0.25, 0.3) is 17.0 Å². The van der Waals surface area contributed by atoms with Crippen LogP contribution < -0.4 is 0 Å². The third kappa shape index (κ3) is 4.66. The van der Waals surface area contributed by atoms with E-state index in [0.717, 1.165) is 68.3 Å². The summed E-state index contributed by atoms with van der Waals surface area (Å²) in [5.74, 6) is 0.918. The molecule has 8 heteroatoms. The smallest absolute Gasteiger partial charge is 0.228 e. The lowest BCUT2D eigenvalue weighted by Gasteiger charge is -2.54. The van der Waals surface area contributed by atoms with Gasteiger partial charge in [-0.3, -0.25) is 9.69 Å². The van der Waals surface area contributed by atoms with Crippen molar-refractivity contribution in [2.45, 2.75) is 25.8 Å². The summed E-state index contributed by atoms with van der Waals surface area (Å²) in [6.07, 6.45) is 9.72. The Bertz CT molecular complexity index is 1340. The zero-order chi connectivity index (χ0) is 23.8. The highest BCUT2D eigenvalue weighted by molar-refractivity contribution is 6.30. The molecule has 178 valence electrons. The molecule has 0 saturated carbocycles. The Kier molecular flexibility index (Phi) is 5.74. The SMILES string of the molecule is O=C(Cc1cn2cc(Cl)ccc2n1)N1CCC2(CC1)CN(Cc1ccc(-c3ncccn3)cc1)C2. The molecule has 2 aliphatic rings. The summed E-state index contributed by atoms with van der Waals surface area (Å²) in [6.45, 7) is 4.82. The first-order valence-corrected chi connectivity index (χ1v) is 12.4. The van der Waals surface area contributed by atoms with E-state index in [1.165, 1.54) is 5.56 Å². The number of halogens is 1. The maximum atomic E-state index is 12.9. The van der Waals surface area contributed by atoms with E-state index in [9.17, 15) is 4.79 Å². The molecule has 0 atom stereocenters. The van der Waals surface area contributed by atoms with Crippen LogP contribution in [-0.2, 0) is 17.8 Å². The lowest BCUT2D eigenvalue weighted by molar-refractivity contribution is -0.135. The number of carbonyl (C=O) groups excluding carboxylic acids is 1. The van der Waals surface area contributed by atoms with Crippen LogP contribution in [0.15, 0.2) is 67.3 Å². The van der Waals surface area contributed by atoms with E-state index in [4.69, 9.17) is 11.6 Å². The van der Waals surface area contributed by atoms with Gasteiger partial charge in [0.15, 0.2) is 5.82 Å². The second-order valence-corrected chi connectivity index (χ2v) is 10.3. The van der Waals surface area contributed by atoms with Gasteiger partial charge in [0.05, 0.1) is 17.1 Å². The quantitative estimate of drug-likeness (QED) is 0.424. The molecule has 1 aromatic carbocycles. The van der Waals surface area contributed by atoms with E-state index in [0.29, 0.717) is 16.9 Å². The molecule has 2 saturated heterocycles. The molecule has 4 aromatic rings. The van der Waals surface area contributed by atoms with Gasteiger partial charge in [-0.05, 0) is 42.0 Å². The first-order chi connectivity index (χ1) is 17.1. The van der Waals surface area contributed by atoms with Gasteiger partial charge in [0.2, 0.25) is 5.91 Å². The number of hydrogen-bond donors (Lipinski definition) is 0. The summed E-state index contributed by atoms with van der Waals surface area (Å²) < 4.78 is 1.88. The van der Waals surface area contributed by atoms with Gasteiger partial charge in [0, 0.05) is 63.1 Å². The van der Waals surface area contributed by atoms with Crippen LogP contribution in [0, 0.1) is 5.41 Å². The van der Waals surface area contributed by atoms with Crippen LogP contribution in [-0.4, -0.2) is 61.2 Å². The van der Waals surface area contributed by atoms with Gasteiger partial charge in [-0.15, -0.1) is 0 Å². The number of benzene rings is 1. The molecule has 0 radical (unpaired) electrons. The number of nitrogens with zero attached hydrogens (tertiary/aromatic N) is 6. The van der Waals surface area contributed by atoms with Crippen molar-refractivity contribution >= 4 is 23.2 Å². The summed E-state index contributed by atoms with van der Waals surface area (Å²) >= 11 is 6.05. The average molecular weight is 487 g/mol. The number of rotatable bonds is 5. The van der Waals surface area contributed by atoms with Gasteiger partial charge in [0.25, 0.3) is 0 Å². The summed E-state index contributed by atoms with van der Waals surface area (Å²) in [6, 6.07) is 14.1. The normalized spacial score (nSPS) is 17.6. The Balaban J connectivity index is 0.988. The molecule has 0 aliphatic carbocycles. The Morgan fingerprint density at radius 3 is 2.46 bits per heavy atom. The molecular formula is C27H27ClN6O. The van der Waals surface area contributed by atoms with Crippen molar-refractivity contribution in [2.75, 3.05) is 26.2 Å². The highest BCUT2D eigenvalue weighted by atomic mass is 35.5. The van der Waals surface area contributed by atoms with Crippen molar-refractivity contribution in [3.05, 3.63) is 83.5 Å². The number of fused-ring (bicyclic) bond motifs is 1. The van der Waals surface area contributed by atoms with Crippen molar-refractivity contribution < 1.29 is 4.79 Å². The maximum absolute atomic E-state index is 12.9. The van der Waals surface area contributed by atoms with E-state index in [-0.39, 0.29) is 5.91 Å². The second kappa shape index (κ2) is 9.06. The van der Waals surface area contributed by atoms with E-state index in [2.05, 4.69) is 44.1 Å². The van der Waals surface area contributed by atoms with Crippen LogP contribution in [0.4, 0.5) is 0 Å². The van der Waals surface area contributed by atoms with E-state index in [1.54, 1.807) is 12.4 Å². The van der Waals surface area contributed by atoms with E-state index >= 15 is 0 Å². The number of hydrogen-bond acceptors (Lipinski definition) is 5.